The van der Waals surface area contributed by atoms with Crippen molar-refractivity contribution in [2.45, 2.75) is 36.5 Å². The average molecular weight is 438 g/mol. The Morgan fingerprint density at radius 2 is 1.21 bits per heavy atom. The van der Waals surface area contributed by atoms with Crippen molar-refractivity contribution in [3.05, 3.63) is 0 Å². The maximum Gasteiger partial charge on any atom is -1.00 e. The Morgan fingerprint density at radius 1 is 0.750 bits per heavy atom. The summed E-state index contributed by atoms with van der Waals surface area (Å²) in [6, 6.07) is 0. The van der Waals surface area contributed by atoms with Crippen LogP contribution in [-0.4, -0.2) is 85.5 Å². The maximum atomic E-state index is 3.57. The predicted octanol–water partition coefficient (Wildman–Crippen LogP) is -7.78. The number of nitrogens with one attached hydrogen (secondary N) is 1. The minimum atomic E-state index is 0. The molecular formula is C16H35Cl3N4Ti. The van der Waals surface area contributed by atoms with Crippen LogP contribution in [0.3, 0.4) is 0 Å². The van der Waals surface area contributed by atoms with Crippen LogP contribution in [0, 0.1) is 0 Å². The molecule has 0 spiro atoms. The van der Waals surface area contributed by atoms with Gasteiger partial charge in [0.2, 0.25) is 0 Å². The summed E-state index contributed by atoms with van der Waals surface area (Å²) in [5, 5.41) is 3.57. The second kappa shape index (κ2) is 16.6. The molecule has 1 atom stereocenters. The van der Waals surface area contributed by atoms with Gasteiger partial charge in [-0.3, -0.25) is 0 Å². The van der Waals surface area contributed by atoms with Crippen LogP contribution in [0.15, 0.2) is 0 Å². The van der Waals surface area contributed by atoms with Crippen molar-refractivity contribution in [3.8, 4) is 0 Å². The molecule has 4 nitrogen and oxygen atoms in total. The second-order valence-corrected chi connectivity index (χ2v) is 8.54. The van der Waals surface area contributed by atoms with Gasteiger partial charge in [-0.1, -0.05) is 0 Å². The van der Waals surface area contributed by atoms with Crippen molar-refractivity contribution < 1.29 is 57.7 Å². The van der Waals surface area contributed by atoms with E-state index in [1.807, 2.05) is 0 Å². The molecule has 1 unspecified atom stereocenters. The fourth-order valence-corrected chi connectivity index (χ4v) is 3.07. The van der Waals surface area contributed by atoms with Crippen molar-refractivity contribution in [2.75, 3.05) is 67.0 Å². The normalized spacial score (nSPS) is 27.4. The van der Waals surface area contributed by atoms with Gasteiger partial charge in [-0.15, -0.1) is 0 Å². The summed E-state index contributed by atoms with van der Waals surface area (Å²) < 4.78 is 0.294. The molecule has 0 radical (unpaired) electrons. The number of halogens is 3. The first-order chi connectivity index (χ1) is 9.92. The van der Waals surface area contributed by atoms with Crippen LogP contribution in [0.2, 0.25) is 0 Å². The van der Waals surface area contributed by atoms with Gasteiger partial charge >= 0.3 is 144 Å². The maximum absolute atomic E-state index is 3.57. The monoisotopic (exact) mass is 436 g/mol. The Bertz CT molecular complexity index is 286. The zero-order chi connectivity index (χ0) is 15.7. The smallest absolute Gasteiger partial charge is 1.00 e. The Labute approximate surface area is 180 Å². The van der Waals surface area contributed by atoms with Gasteiger partial charge in [0.25, 0.3) is 0 Å². The third kappa shape index (κ3) is 13.6. The van der Waals surface area contributed by atoms with E-state index >= 15 is 0 Å². The number of hydrogen-bond acceptors (Lipinski definition) is 4. The van der Waals surface area contributed by atoms with Gasteiger partial charge < -0.3 is 37.2 Å². The summed E-state index contributed by atoms with van der Waals surface area (Å²) in [5.41, 5.74) is 0. The topological polar surface area (TPSA) is 21.8 Å². The van der Waals surface area contributed by atoms with Gasteiger partial charge in [-0.25, -0.2) is 0 Å². The average Bonchev–Trinajstić information content (AvgIpc) is 2.43. The molecule has 1 heterocycles. The minimum Gasteiger partial charge on any atom is -1.00 e. The Kier molecular flexibility index (Phi) is 20.8. The van der Waals surface area contributed by atoms with Crippen LogP contribution in [-0.2, 0) is 20.4 Å². The first kappa shape index (κ1) is 30.2. The Hall–Kier alpha value is 1.42. The number of nitrogens with zero attached hydrogens (tertiary/aromatic N) is 3. The van der Waals surface area contributed by atoms with Crippen LogP contribution in [0.5, 0.6) is 0 Å². The minimum absolute atomic E-state index is 0. The van der Waals surface area contributed by atoms with Crippen LogP contribution < -0.4 is 42.5 Å². The molecule has 0 aromatic carbocycles. The third-order valence-corrected chi connectivity index (χ3v) is 5.63. The molecule has 1 saturated heterocycles. The first-order valence-corrected chi connectivity index (χ1v) is 9.24. The molecule has 0 aliphatic carbocycles. The molecule has 0 saturated carbocycles. The fourth-order valence-electron chi connectivity index (χ4n) is 2.72. The van der Waals surface area contributed by atoms with E-state index in [0.717, 1.165) is 13.1 Å². The van der Waals surface area contributed by atoms with Gasteiger partial charge in [0, 0.05) is 0 Å². The van der Waals surface area contributed by atoms with Crippen LogP contribution in [0.1, 0.15) is 32.6 Å². The van der Waals surface area contributed by atoms with Gasteiger partial charge in [0.1, 0.15) is 0 Å². The number of rotatable bonds is 0. The summed E-state index contributed by atoms with van der Waals surface area (Å²) in [6.07, 6.45) is 5.01. The molecule has 0 aromatic heterocycles. The molecular weight excluding hydrogens is 402 g/mol. The van der Waals surface area contributed by atoms with Crippen molar-refractivity contribution in [1.82, 2.24) is 20.0 Å². The molecule has 1 fully saturated rings. The van der Waals surface area contributed by atoms with E-state index in [9.17, 15) is 0 Å². The summed E-state index contributed by atoms with van der Waals surface area (Å²) in [7, 11) is 6.80. The molecule has 0 bridgehead atoms. The molecule has 1 N–H and O–H groups in total. The van der Waals surface area contributed by atoms with Crippen LogP contribution in [0.25, 0.3) is 0 Å². The zero-order valence-corrected chi connectivity index (χ0v) is 19.6. The van der Waals surface area contributed by atoms with E-state index in [-0.39, 0.29) is 37.2 Å². The van der Waals surface area contributed by atoms with Crippen LogP contribution in [0.4, 0.5) is 0 Å². The van der Waals surface area contributed by atoms with E-state index in [1.54, 1.807) is 0 Å². The molecule has 24 heavy (non-hydrogen) atoms. The SMILES string of the molecule is CN1CCCNCCCN(C)CC[C](C)([Ti+3])N(C)CCC1.[Cl-].[Cl-].[Cl-]. The fraction of sp³-hybridized carbons (Fsp3) is 1.00. The van der Waals surface area contributed by atoms with Crippen molar-refractivity contribution in [2.24, 2.45) is 0 Å². The third-order valence-electron chi connectivity index (χ3n) is 4.64. The van der Waals surface area contributed by atoms with Gasteiger partial charge in [-0.2, -0.15) is 0 Å². The van der Waals surface area contributed by atoms with Gasteiger partial charge in [-0.05, 0) is 0 Å². The van der Waals surface area contributed by atoms with Crippen LogP contribution >= 0.6 is 0 Å². The predicted molar refractivity (Wildman–Crippen MR) is 87.4 cm³/mol. The van der Waals surface area contributed by atoms with Crippen molar-refractivity contribution in [1.29, 1.82) is 0 Å². The summed E-state index contributed by atoms with van der Waals surface area (Å²) in [6.45, 7) is 10.7. The Morgan fingerprint density at radius 3 is 1.75 bits per heavy atom. The van der Waals surface area contributed by atoms with E-state index in [1.165, 1.54) is 58.4 Å². The molecule has 1 aliphatic heterocycles. The van der Waals surface area contributed by atoms with E-state index in [2.05, 4.69) is 68.5 Å². The van der Waals surface area contributed by atoms with Gasteiger partial charge in [0.05, 0.1) is 0 Å². The van der Waals surface area contributed by atoms with Gasteiger partial charge in [0.15, 0.2) is 0 Å². The molecule has 0 amide bonds. The Balaban J connectivity index is -0.00000147. The van der Waals surface area contributed by atoms with E-state index in [0.29, 0.717) is 3.84 Å². The zero-order valence-electron chi connectivity index (χ0n) is 15.8. The molecule has 0 aromatic rings. The molecule has 144 valence electrons. The van der Waals surface area contributed by atoms with Crippen molar-refractivity contribution >= 4 is 0 Å². The van der Waals surface area contributed by atoms with E-state index < -0.39 is 0 Å². The number of hydrogen-bond donors (Lipinski definition) is 1. The quantitative estimate of drug-likeness (QED) is 0.380. The standard InChI is InChI=1S/C16H35N4.3ClH.Ti/c1-16-8-15-19(3)12-6-10-17-9-5-11-18(2)13-7-14-20(16)4;;;;/h17H,5-15H2,1-4H3;3*1H;/q;;;;+3/p-3. The molecule has 1 rings (SSSR count). The largest absolute Gasteiger partial charge is 1.00 e. The molecule has 1 aliphatic rings. The summed E-state index contributed by atoms with van der Waals surface area (Å²) >= 11 is 2.38. The summed E-state index contributed by atoms with van der Waals surface area (Å²) in [4.78, 5) is 7.50. The van der Waals surface area contributed by atoms with E-state index in [4.69, 9.17) is 0 Å². The van der Waals surface area contributed by atoms with Crippen molar-refractivity contribution in [3.63, 3.8) is 0 Å². The summed E-state index contributed by atoms with van der Waals surface area (Å²) in [5.74, 6) is 0. The first-order valence-electron chi connectivity index (χ1n) is 8.46. The second-order valence-electron chi connectivity index (χ2n) is 6.86. The molecule has 8 heteroatoms.